The highest BCUT2D eigenvalue weighted by molar-refractivity contribution is 9.10. The van der Waals surface area contributed by atoms with Crippen molar-refractivity contribution in [3.63, 3.8) is 0 Å². The summed E-state index contributed by atoms with van der Waals surface area (Å²) in [5, 5.41) is 5.30. The first-order valence-corrected chi connectivity index (χ1v) is 12.6. The van der Waals surface area contributed by atoms with Crippen LogP contribution in [0.25, 0.3) is 21.8 Å². The van der Waals surface area contributed by atoms with Crippen molar-refractivity contribution >= 4 is 43.6 Å². The third-order valence-corrected chi connectivity index (χ3v) is 6.55. The number of ether oxygens (including phenoxy) is 1. The molecule has 1 N–H and O–H groups in total. The zero-order valence-corrected chi connectivity index (χ0v) is 20.9. The van der Waals surface area contributed by atoms with Gasteiger partial charge in [0.05, 0.1) is 17.6 Å². The van der Waals surface area contributed by atoms with Gasteiger partial charge >= 0.3 is 0 Å². The molecule has 1 amide bonds. The van der Waals surface area contributed by atoms with Crippen LogP contribution in [0.3, 0.4) is 0 Å². The van der Waals surface area contributed by atoms with E-state index in [2.05, 4.69) is 50.1 Å². The molecule has 0 aliphatic rings. The molecule has 35 heavy (non-hydrogen) atoms. The van der Waals surface area contributed by atoms with E-state index in [4.69, 9.17) is 9.72 Å². The second kappa shape index (κ2) is 10.7. The van der Waals surface area contributed by atoms with Crippen molar-refractivity contribution in [3.05, 3.63) is 107 Å². The fourth-order valence-corrected chi connectivity index (χ4v) is 4.55. The number of halogens is 1. The lowest BCUT2D eigenvalue weighted by molar-refractivity contribution is 0.0953. The van der Waals surface area contributed by atoms with E-state index < -0.39 is 0 Å². The average molecular weight is 528 g/mol. The Hall–Kier alpha value is -3.64. The number of carbonyl (C=O) groups excluding carboxylic acids is 1. The van der Waals surface area contributed by atoms with Crippen molar-refractivity contribution < 1.29 is 9.53 Å². The molecule has 176 valence electrons. The molecular weight excluding hydrogens is 502 g/mol. The van der Waals surface area contributed by atoms with Crippen molar-refractivity contribution in [2.45, 2.75) is 19.4 Å². The standard InChI is InChI=1S/C29H26BrN3O2/c30-23-16-14-22(15-17-23)29(34)31-18-6-13-28-32-25-10-3-4-11-26(25)33(28)19-20-35-27-12-5-8-21-7-1-2-9-24(21)27/h1-5,7-12,14-17H,6,13,18-20H2,(H,31,34). The lowest BCUT2D eigenvalue weighted by Crippen LogP contribution is -2.25. The van der Waals surface area contributed by atoms with Crippen LogP contribution in [0.2, 0.25) is 0 Å². The van der Waals surface area contributed by atoms with Gasteiger partial charge in [0.1, 0.15) is 18.2 Å². The summed E-state index contributed by atoms with van der Waals surface area (Å²) in [5.41, 5.74) is 2.74. The summed E-state index contributed by atoms with van der Waals surface area (Å²) >= 11 is 3.40. The molecule has 0 fully saturated rings. The van der Waals surface area contributed by atoms with Gasteiger partial charge in [-0.2, -0.15) is 0 Å². The summed E-state index contributed by atoms with van der Waals surface area (Å²) in [7, 11) is 0. The Labute approximate surface area is 212 Å². The molecule has 0 saturated carbocycles. The van der Waals surface area contributed by atoms with Crippen LogP contribution < -0.4 is 10.1 Å². The Bertz CT molecular complexity index is 1460. The van der Waals surface area contributed by atoms with Crippen molar-refractivity contribution in [2.75, 3.05) is 13.2 Å². The van der Waals surface area contributed by atoms with Gasteiger partial charge in [0, 0.05) is 28.4 Å². The van der Waals surface area contributed by atoms with Gasteiger partial charge < -0.3 is 14.6 Å². The van der Waals surface area contributed by atoms with Gasteiger partial charge in [0.2, 0.25) is 0 Å². The molecule has 4 aromatic carbocycles. The molecule has 0 aliphatic carbocycles. The predicted molar refractivity (Wildman–Crippen MR) is 144 cm³/mol. The van der Waals surface area contributed by atoms with E-state index in [1.807, 2.05) is 66.7 Å². The van der Waals surface area contributed by atoms with Crippen LogP contribution in [0.15, 0.2) is 95.5 Å². The topological polar surface area (TPSA) is 56.2 Å². The van der Waals surface area contributed by atoms with Gasteiger partial charge in [-0.05, 0) is 54.3 Å². The molecule has 0 spiro atoms. The van der Waals surface area contributed by atoms with E-state index in [-0.39, 0.29) is 5.91 Å². The van der Waals surface area contributed by atoms with Crippen LogP contribution in [0.1, 0.15) is 22.6 Å². The largest absolute Gasteiger partial charge is 0.491 e. The number of fused-ring (bicyclic) bond motifs is 2. The summed E-state index contributed by atoms with van der Waals surface area (Å²) in [6, 6.07) is 30.0. The highest BCUT2D eigenvalue weighted by Gasteiger charge is 2.12. The molecule has 1 heterocycles. The minimum Gasteiger partial charge on any atom is -0.491 e. The maximum absolute atomic E-state index is 12.4. The number of aryl methyl sites for hydroxylation is 1. The summed E-state index contributed by atoms with van der Waals surface area (Å²) in [6.07, 6.45) is 1.57. The molecule has 0 atom stereocenters. The van der Waals surface area contributed by atoms with Crippen LogP contribution in [0.4, 0.5) is 0 Å². The molecule has 0 unspecified atom stereocenters. The Kier molecular flexibility index (Phi) is 7.09. The van der Waals surface area contributed by atoms with Gasteiger partial charge in [-0.1, -0.05) is 64.5 Å². The van der Waals surface area contributed by atoms with Crippen LogP contribution in [0, 0.1) is 0 Å². The maximum Gasteiger partial charge on any atom is 0.251 e. The lowest BCUT2D eigenvalue weighted by Gasteiger charge is -2.12. The fraction of sp³-hybridized carbons (Fsp3) is 0.172. The minimum atomic E-state index is -0.0607. The molecule has 6 heteroatoms. The van der Waals surface area contributed by atoms with Crippen molar-refractivity contribution in [2.24, 2.45) is 0 Å². The average Bonchev–Trinajstić information content (AvgIpc) is 3.24. The number of para-hydroxylation sites is 2. The van der Waals surface area contributed by atoms with Crippen LogP contribution in [-0.4, -0.2) is 28.6 Å². The molecule has 0 radical (unpaired) electrons. The fourth-order valence-electron chi connectivity index (χ4n) is 4.29. The van der Waals surface area contributed by atoms with E-state index in [0.29, 0.717) is 25.3 Å². The van der Waals surface area contributed by atoms with E-state index in [9.17, 15) is 4.79 Å². The number of hydrogen-bond acceptors (Lipinski definition) is 3. The van der Waals surface area contributed by atoms with E-state index >= 15 is 0 Å². The van der Waals surface area contributed by atoms with Gasteiger partial charge in [-0.15, -0.1) is 0 Å². The molecule has 5 nitrogen and oxygen atoms in total. The number of hydrogen-bond donors (Lipinski definition) is 1. The molecule has 0 bridgehead atoms. The van der Waals surface area contributed by atoms with Crippen molar-refractivity contribution in [3.8, 4) is 5.75 Å². The summed E-state index contributed by atoms with van der Waals surface area (Å²) in [5.74, 6) is 1.84. The predicted octanol–water partition coefficient (Wildman–Crippen LogP) is 6.39. The maximum atomic E-state index is 12.4. The molecule has 5 rings (SSSR count). The Morgan fingerprint density at radius 2 is 1.69 bits per heavy atom. The highest BCUT2D eigenvalue weighted by Crippen LogP contribution is 2.25. The Morgan fingerprint density at radius 1 is 0.914 bits per heavy atom. The second-order valence-electron chi connectivity index (χ2n) is 8.36. The lowest BCUT2D eigenvalue weighted by atomic mass is 10.1. The molecule has 0 saturated heterocycles. The highest BCUT2D eigenvalue weighted by atomic mass is 79.9. The van der Waals surface area contributed by atoms with Crippen LogP contribution in [0.5, 0.6) is 5.75 Å². The van der Waals surface area contributed by atoms with Crippen molar-refractivity contribution in [1.29, 1.82) is 0 Å². The number of carbonyl (C=O) groups is 1. The van der Waals surface area contributed by atoms with Gasteiger partial charge in [0.15, 0.2) is 0 Å². The van der Waals surface area contributed by atoms with Crippen molar-refractivity contribution in [1.82, 2.24) is 14.9 Å². The number of aromatic nitrogens is 2. The van der Waals surface area contributed by atoms with Gasteiger partial charge in [-0.3, -0.25) is 4.79 Å². The third kappa shape index (κ3) is 5.38. The number of nitrogens with zero attached hydrogens (tertiary/aromatic N) is 2. The first kappa shape index (κ1) is 23.1. The first-order chi connectivity index (χ1) is 17.2. The first-order valence-electron chi connectivity index (χ1n) is 11.8. The third-order valence-electron chi connectivity index (χ3n) is 6.02. The van der Waals surface area contributed by atoms with Crippen LogP contribution >= 0.6 is 15.9 Å². The number of rotatable bonds is 9. The summed E-state index contributed by atoms with van der Waals surface area (Å²) in [4.78, 5) is 17.2. The smallest absolute Gasteiger partial charge is 0.251 e. The zero-order chi connectivity index (χ0) is 24.0. The second-order valence-corrected chi connectivity index (χ2v) is 9.28. The number of benzene rings is 4. The minimum absolute atomic E-state index is 0.0607. The zero-order valence-electron chi connectivity index (χ0n) is 19.3. The van der Waals surface area contributed by atoms with E-state index in [1.165, 1.54) is 5.39 Å². The van der Waals surface area contributed by atoms with Gasteiger partial charge in [0.25, 0.3) is 5.91 Å². The van der Waals surface area contributed by atoms with Crippen LogP contribution in [-0.2, 0) is 13.0 Å². The summed E-state index contributed by atoms with van der Waals surface area (Å²) < 4.78 is 9.39. The molecule has 5 aromatic rings. The number of nitrogens with one attached hydrogen (secondary N) is 1. The van der Waals surface area contributed by atoms with E-state index in [0.717, 1.165) is 45.3 Å². The summed E-state index contributed by atoms with van der Waals surface area (Å²) in [6.45, 7) is 1.83. The Morgan fingerprint density at radius 3 is 2.57 bits per heavy atom. The molecule has 0 aliphatic heterocycles. The number of amides is 1. The molecular formula is C29H26BrN3O2. The van der Waals surface area contributed by atoms with Gasteiger partial charge in [-0.25, -0.2) is 4.98 Å². The number of imidazole rings is 1. The SMILES string of the molecule is O=C(NCCCc1nc2ccccc2n1CCOc1cccc2ccccc12)c1ccc(Br)cc1. The quantitative estimate of drug-likeness (QED) is 0.226. The molecule has 1 aromatic heterocycles. The normalized spacial score (nSPS) is 11.1. The van der Waals surface area contributed by atoms with E-state index in [1.54, 1.807) is 0 Å². The monoisotopic (exact) mass is 527 g/mol. The Balaban J connectivity index is 1.23.